The van der Waals surface area contributed by atoms with Crippen LogP contribution in [0.3, 0.4) is 0 Å². The summed E-state index contributed by atoms with van der Waals surface area (Å²) in [6.45, 7) is 1.82. The lowest BCUT2D eigenvalue weighted by molar-refractivity contribution is -0.111. The molecule has 0 aliphatic rings. The molecule has 0 heterocycles. The lowest BCUT2D eigenvalue weighted by atomic mass is 10.3. The molecule has 0 saturated carbocycles. The highest BCUT2D eigenvalue weighted by Gasteiger charge is 2.14. The van der Waals surface area contributed by atoms with Crippen LogP contribution in [-0.2, 0) is 4.79 Å². The summed E-state index contributed by atoms with van der Waals surface area (Å²) >= 11 is 6.15. The first kappa shape index (κ1) is 15.7. The number of rotatable bonds is 5. The highest BCUT2D eigenvalue weighted by Crippen LogP contribution is 2.37. The average molecular weight is 304 g/mol. The highest BCUT2D eigenvalue weighted by atomic mass is 35.5. The second-order valence-corrected chi connectivity index (χ2v) is 4.78. The number of hydrogen-bond acceptors (Lipinski definition) is 2. The molecule has 0 fully saturated rings. The number of thioether (sulfide) groups is 1. The van der Waals surface area contributed by atoms with Gasteiger partial charge in [0.1, 0.15) is 0 Å². The molecule has 1 aromatic rings. The van der Waals surface area contributed by atoms with E-state index in [-0.39, 0.29) is 15.6 Å². The van der Waals surface area contributed by atoms with Crippen molar-refractivity contribution < 1.29 is 13.6 Å². The van der Waals surface area contributed by atoms with Crippen molar-refractivity contribution in [3.63, 3.8) is 0 Å². The molecule has 0 radical (unpaired) electrons. The van der Waals surface area contributed by atoms with E-state index in [2.05, 4.69) is 5.32 Å². The minimum atomic E-state index is -2.60. The second kappa shape index (κ2) is 7.96. The fraction of sp³-hybridized carbons (Fsp3) is 0.154. The molecule has 2 nitrogen and oxygen atoms in total. The van der Waals surface area contributed by atoms with Crippen LogP contribution in [0.15, 0.2) is 47.4 Å². The van der Waals surface area contributed by atoms with Gasteiger partial charge in [-0.2, -0.15) is 8.78 Å². The van der Waals surface area contributed by atoms with Gasteiger partial charge in [-0.25, -0.2) is 0 Å². The fourth-order valence-corrected chi connectivity index (χ4v) is 2.16. The standard InChI is InChI=1S/C13H12ClF2NOS/c1-2-3-4-8-11(18)17-10-7-5-6-9(14)12(10)19-13(15)16/h2-8,13H,1H3,(H,17,18)/b3-2+,8-4+. The molecule has 0 bridgehead atoms. The monoisotopic (exact) mass is 303 g/mol. The number of anilines is 1. The minimum absolute atomic E-state index is 0.159. The number of halogens is 3. The van der Waals surface area contributed by atoms with Crippen molar-refractivity contribution in [2.75, 3.05) is 5.32 Å². The Labute approximate surface area is 119 Å². The van der Waals surface area contributed by atoms with Crippen LogP contribution in [0.1, 0.15) is 6.92 Å². The first-order valence-corrected chi connectivity index (χ1v) is 6.64. The van der Waals surface area contributed by atoms with Crippen LogP contribution in [0.4, 0.5) is 14.5 Å². The zero-order valence-corrected chi connectivity index (χ0v) is 11.6. The van der Waals surface area contributed by atoms with E-state index >= 15 is 0 Å². The molecule has 0 aliphatic carbocycles. The van der Waals surface area contributed by atoms with Gasteiger partial charge < -0.3 is 5.32 Å². The predicted molar refractivity (Wildman–Crippen MR) is 75.9 cm³/mol. The number of carbonyl (C=O) groups excluding carboxylic acids is 1. The molecule has 0 unspecified atom stereocenters. The molecule has 0 saturated heterocycles. The van der Waals surface area contributed by atoms with Crippen LogP contribution in [0.2, 0.25) is 5.02 Å². The normalized spacial score (nSPS) is 11.6. The van der Waals surface area contributed by atoms with E-state index in [9.17, 15) is 13.6 Å². The third-order valence-corrected chi connectivity index (χ3v) is 3.26. The number of hydrogen-bond donors (Lipinski definition) is 1. The summed E-state index contributed by atoms with van der Waals surface area (Å²) in [7, 11) is 0. The number of nitrogens with one attached hydrogen (secondary N) is 1. The Morgan fingerprint density at radius 3 is 2.79 bits per heavy atom. The molecule has 0 atom stereocenters. The molecule has 19 heavy (non-hydrogen) atoms. The Morgan fingerprint density at radius 1 is 1.42 bits per heavy atom. The third kappa shape index (κ3) is 5.44. The van der Waals surface area contributed by atoms with Gasteiger partial charge in [-0.05, 0) is 19.1 Å². The topological polar surface area (TPSA) is 29.1 Å². The van der Waals surface area contributed by atoms with E-state index in [1.54, 1.807) is 24.3 Å². The Balaban J connectivity index is 2.88. The maximum absolute atomic E-state index is 12.4. The lowest BCUT2D eigenvalue weighted by Gasteiger charge is -2.10. The number of allylic oxidation sites excluding steroid dienone is 3. The van der Waals surface area contributed by atoms with Gasteiger partial charge in [-0.3, -0.25) is 4.79 Å². The smallest absolute Gasteiger partial charge is 0.289 e. The molecule has 6 heteroatoms. The molecule has 0 aromatic heterocycles. The van der Waals surface area contributed by atoms with Crippen molar-refractivity contribution >= 4 is 35.0 Å². The van der Waals surface area contributed by atoms with Crippen molar-refractivity contribution in [1.29, 1.82) is 0 Å². The maximum atomic E-state index is 12.4. The van der Waals surface area contributed by atoms with Crippen molar-refractivity contribution in [2.24, 2.45) is 0 Å². The highest BCUT2D eigenvalue weighted by molar-refractivity contribution is 7.99. The van der Waals surface area contributed by atoms with Gasteiger partial charge in [-0.15, -0.1) is 0 Å². The van der Waals surface area contributed by atoms with Crippen LogP contribution in [0.5, 0.6) is 0 Å². The van der Waals surface area contributed by atoms with E-state index in [0.29, 0.717) is 11.8 Å². The zero-order chi connectivity index (χ0) is 14.3. The molecule has 1 rings (SSSR count). The van der Waals surface area contributed by atoms with Crippen LogP contribution in [0.25, 0.3) is 0 Å². The first-order chi connectivity index (χ1) is 9.04. The van der Waals surface area contributed by atoms with E-state index in [1.165, 1.54) is 18.2 Å². The van der Waals surface area contributed by atoms with Crippen LogP contribution in [-0.4, -0.2) is 11.7 Å². The lowest BCUT2D eigenvalue weighted by Crippen LogP contribution is -2.09. The Hall–Kier alpha value is -1.33. The molecule has 1 N–H and O–H groups in total. The number of benzene rings is 1. The summed E-state index contributed by atoms with van der Waals surface area (Å²) in [5.41, 5.74) is 0.271. The quantitative estimate of drug-likeness (QED) is 0.484. The van der Waals surface area contributed by atoms with E-state index < -0.39 is 11.7 Å². The molecule has 0 aliphatic heterocycles. The first-order valence-electron chi connectivity index (χ1n) is 5.38. The fourth-order valence-electron chi connectivity index (χ4n) is 1.24. The second-order valence-electron chi connectivity index (χ2n) is 3.37. The molecule has 102 valence electrons. The summed E-state index contributed by atoms with van der Waals surface area (Å²) in [5.74, 6) is -3.01. The van der Waals surface area contributed by atoms with Crippen molar-refractivity contribution in [1.82, 2.24) is 0 Å². The summed E-state index contributed by atoms with van der Waals surface area (Å²) in [6, 6.07) is 4.61. The molecular weight excluding hydrogens is 292 g/mol. The predicted octanol–water partition coefficient (Wildman–Crippen LogP) is 4.73. The SMILES string of the molecule is C/C=C/C=C/C(=O)Nc1cccc(Cl)c1SC(F)F. The van der Waals surface area contributed by atoms with Crippen molar-refractivity contribution in [3.05, 3.63) is 47.5 Å². The van der Waals surface area contributed by atoms with Crippen molar-refractivity contribution in [3.8, 4) is 0 Å². The Morgan fingerprint density at radius 2 is 2.16 bits per heavy atom. The molecule has 1 amide bonds. The number of carbonyl (C=O) groups is 1. The van der Waals surface area contributed by atoms with Crippen LogP contribution >= 0.6 is 23.4 Å². The largest absolute Gasteiger partial charge is 0.321 e. The van der Waals surface area contributed by atoms with E-state index in [0.717, 1.165) is 0 Å². The van der Waals surface area contributed by atoms with Crippen LogP contribution in [0, 0.1) is 0 Å². The molecule has 0 spiro atoms. The van der Waals surface area contributed by atoms with Gasteiger partial charge in [-0.1, -0.05) is 47.7 Å². The van der Waals surface area contributed by atoms with Gasteiger partial charge in [0.15, 0.2) is 0 Å². The zero-order valence-electron chi connectivity index (χ0n) is 10.1. The van der Waals surface area contributed by atoms with Crippen LogP contribution < -0.4 is 5.32 Å². The summed E-state index contributed by atoms with van der Waals surface area (Å²) in [4.78, 5) is 11.7. The Kier molecular flexibility index (Phi) is 6.59. The van der Waals surface area contributed by atoms with Gasteiger partial charge in [0.05, 0.1) is 15.6 Å². The molecule has 1 aromatic carbocycles. The number of alkyl halides is 2. The van der Waals surface area contributed by atoms with Gasteiger partial charge in [0.2, 0.25) is 5.91 Å². The Bertz CT molecular complexity index is 503. The summed E-state index contributed by atoms with van der Waals surface area (Å²) in [5, 5.41) is 2.70. The molecular formula is C13H12ClF2NOS. The van der Waals surface area contributed by atoms with Gasteiger partial charge >= 0.3 is 0 Å². The number of amides is 1. The maximum Gasteiger partial charge on any atom is 0.289 e. The summed E-state index contributed by atoms with van der Waals surface area (Å²) in [6.07, 6.45) is 6.31. The van der Waals surface area contributed by atoms with Gasteiger partial charge in [0.25, 0.3) is 5.76 Å². The average Bonchev–Trinajstić information content (AvgIpc) is 2.33. The third-order valence-electron chi connectivity index (χ3n) is 1.98. The van der Waals surface area contributed by atoms with E-state index in [1.807, 2.05) is 6.92 Å². The van der Waals surface area contributed by atoms with Gasteiger partial charge in [0, 0.05) is 6.08 Å². The minimum Gasteiger partial charge on any atom is -0.321 e. The van der Waals surface area contributed by atoms with E-state index in [4.69, 9.17) is 11.6 Å². The summed E-state index contributed by atoms with van der Waals surface area (Å²) < 4.78 is 24.9. The van der Waals surface area contributed by atoms with Crippen molar-refractivity contribution in [2.45, 2.75) is 17.6 Å².